The van der Waals surface area contributed by atoms with Crippen LogP contribution < -0.4 is 0 Å². The summed E-state index contributed by atoms with van der Waals surface area (Å²) in [5.74, 6) is -0.713. The van der Waals surface area contributed by atoms with Crippen LogP contribution in [0.5, 0.6) is 0 Å². The lowest BCUT2D eigenvalue weighted by molar-refractivity contribution is -0.137. The number of thioether (sulfide) groups is 1. The van der Waals surface area contributed by atoms with E-state index in [4.69, 9.17) is 5.11 Å². The fourth-order valence-corrected chi connectivity index (χ4v) is 3.21. The van der Waals surface area contributed by atoms with E-state index >= 15 is 0 Å². The number of carboxylic acid groups (broad SMARTS) is 1. The van der Waals surface area contributed by atoms with Crippen molar-refractivity contribution in [2.75, 3.05) is 39.3 Å². The first kappa shape index (κ1) is 19.8. The average Bonchev–Trinajstić information content (AvgIpc) is 2.68. The Labute approximate surface area is 137 Å². The van der Waals surface area contributed by atoms with Crippen molar-refractivity contribution in [3.63, 3.8) is 0 Å². The van der Waals surface area contributed by atoms with Crippen molar-refractivity contribution in [3.05, 3.63) is 0 Å². The summed E-state index contributed by atoms with van der Waals surface area (Å²) in [6.45, 7) is 9.79. The normalized spacial score (nSPS) is 21.7. The molecule has 20 heavy (non-hydrogen) atoms. The summed E-state index contributed by atoms with van der Waals surface area (Å²) in [6.07, 6.45) is 0.239. The van der Waals surface area contributed by atoms with Gasteiger partial charge in [-0.2, -0.15) is 0 Å². The molecule has 1 N–H and O–H groups in total. The molecule has 0 bridgehead atoms. The zero-order valence-electron chi connectivity index (χ0n) is 11.9. The van der Waals surface area contributed by atoms with Crippen LogP contribution in [0.25, 0.3) is 0 Å². The topological polar surface area (TPSA) is 56.1 Å². The van der Waals surface area contributed by atoms with Gasteiger partial charge < -0.3 is 10.0 Å². The standard InChI is InChI=1S/C12H21N3O2S.2ClH/c1-12(2)9-13-11(18-12)15-7-5-14(6-8-15)4-3-10(16)17;;/h3-9H2,1-2H3,(H,16,17);2*1H. The van der Waals surface area contributed by atoms with Crippen LogP contribution in [0.2, 0.25) is 0 Å². The highest BCUT2D eigenvalue weighted by atomic mass is 35.5. The van der Waals surface area contributed by atoms with E-state index in [2.05, 4.69) is 28.6 Å². The predicted octanol–water partition coefficient (Wildman–Crippen LogP) is 1.80. The molecule has 0 aromatic carbocycles. The maximum absolute atomic E-state index is 10.5. The molecular formula is C12H23Cl2N3O2S. The van der Waals surface area contributed by atoms with Gasteiger partial charge in [0.15, 0.2) is 5.17 Å². The Bertz CT molecular complexity index is 359. The van der Waals surface area contributed by atoms with Gasteiger partial charge in [-0.1, -0.05) is 11.8 Å². The third kappa shape index (κ3) is 5.68. The minimum atomic E-state index is -0.713. The smallest absolute Gasteiger partial charge is 0.304 e. The van der Waals surface area contributed by atoms with Gasteiger partial charge in [-0.15, -0.1) is 24.8 Å². The lowest BCUT2D eigenvalue weighted by Crippen LogP contribution is -2.48. The number of amidine groups is 1. The first-order chi connectivity index (χ1) is 8.46. The quantitative estimate of drug-likeness (QED) is 0.846. The van der Waals surface area contributed by atoms with E-state index in [1.807, 2.05) is 11.8 Å². The number of carbonyl (C=O) groups is 1. The number of halogens is 2. The SMILES string of the molecule is CC1(C)CN=C(N2CCN(CCC(=O)O)CC2)S1.Cl.Cl. The van der Waals surface area contributed by atoms with E-state index in [0.717, 1.165) is 37.9 Å². The molecule has 0 spiro atoms. The Kier molecular flexibility index (Phi) is 8.25. The first-order valence-electron chi connectivity index (χ1n) is 6.39. The molecule has 8 heteroatoms. The predicted molar refractivity (Wildman–Crippen MR) is 88.7 cm³/mol. The summed E-state index contributed by atoms with van der Waals surface area (Å²) in [7, 11) is 0. The van der Waals surface area contributed by atoms with E-state index in [0.29, 0.717) is 6.54 Å². The second-order valence-corrected chi connectivity index (χ2v) is 7.11. The van der Waals surface area contributed by atoms with Crippen molar-refractivity contribution in [1.82, 2.24) is 9.80 Å². The molecule has 2 aliphatic rings. The number of rotatable bonds is 3. The molecule has 0 aromatic rings. The third-order valence-electron chi connectivity index (χ3n) is 3.25. The summed E-state index contributed by atoms with van der Waals surface area (Å²) in [5, 5.41) is 9.83. The fourth-order valence-electron chi connectivity index (χ4n) is 2.15. The van der Waals surface area contributed by atoms with Crippen molar-refractivity contribution in [2.45, 2.75) is 25.0 Å². The Morgan fingerprint density at radius 2 is 1.90 bits per heavy atom. The number of carboxylic acids is 1. The van der Waals surface area contributed by atoms with Gasteiger partial charge in [0.1, 0.15) is 0 Å². The summed E-state index contributed by atoms with van der Waals surface area (Å²) in [6, 6.07) is 0. The first-order valence-corrected chi connectivity index (χ1v) is 7.20. The summed E-state index contributed by atoms with van der Waals surface area (Å²) in [4.78, 5) is 19.7. The van der Waals surface area contributed by atoms with Crippen LogP contribution in [0.15, 0.2) is 4.99 Å². The Balaban J connectivity index is 0.00000180. The number of aliphatic carboxylic acids is 1. The summed E-state index contributed by atoms with van der Waals surface area (Å²) in [5.41, 5.74) is 0. The number of nitrogens with zero attached hydrogens (tertiary/aromatic N) is 3. The molecule has 5 nitrogen and oxygen atoms in total. The second kappa shape index (κ2) is 8.32. The van der Waals surface area contributed by atoms with Crippen LogP contribution >= 0.6 is 36.6 Å². The minimum Gasteiger partial charge on any atom is -0.481 e. The average molecular weight is 344 g/mol. The minimum absolute atomic E-state index is 0. The zero-order valence-corrected chi connectivity index (χ0v) is 14.3. The van der Waals surface area contributed by atoms with Gasteiger partial charge in [0.05, 0.1) is 13.0 Å². The molecule has 2 aliphatic heterocycles. The van der Waals surface area contributed by atoms with Crippen molar-refractivity contribution in [2.24, 2.45) is 4.99 Å². The van der Waals surface area contributed by atoms with Crippen LogP contribution in [0.3, 0.4) is 0 Å². The van der Waals surface area contributed by atoms with E-state index in [1.54, 1.807) is 0 Å². The molecule has 0 saturated carbocycles. The number of hydrogen-bond donors (Lipinski definition) is 1. The maximum Gasteiger partial charge on any atom is 0.304 e. The molecule has 1 saturated heterocycles. The van der Waals surface area contributed by atoms with E-state index < -0.39 is 5.97 Å². The Morgan fingerprint density at radius 3 is 2.35 bits per heavy atom. The van der Waals surface area contributed by atoms with Gasteiger partial charge in [-0.25, -0.2) is 0 Å². The van der Waals surface area contributed by atoms with E-state index in [-0.39, 0.29) is 36.0 Å². The molecule has 2 heterocycles. The molecule has 0 amide bonds. The lowest BCUT2D eigenvalue weighted by atomic mass is 10.2. The molecule has 1 fully saturated rings. The molecule has 0 aromatic heterocycles. The van der Waals surface area contributed by atoms with E-state index in [1.165, 1.54) is 0 Å². The Morgan fingerprint density at radius 1 is 1.30 bits per heavy atom. The Hall–Kier alpha value is -0.170. The van der Waals surface area contributed by atoms with Gasteiger partial charge in [0.25, 0.3) is 0 Å². The van der Waals surface area contributed by atoms with Gasteiger partial charge >= 0.3 is 5.97 Å². The maximum atomic E-state index is 10.5. The zero-order chi connectivity index (χ0) is 13.2. The molecule has 118 valence electrons. The van der Waals surface area contributed by atoms with E-state index in [9.17, 15) is 4.79 Å². The molecular weight excluding hydrogens is 321 g/mol. The molecule has 0 aliphatic carbocycles. The van der Waals surface area contributed by atoms with Gasteiger partial charge in [-0.05, 0) is 13.8 Å². The van der Waals surface area contributed by atoms with Crippen LogP contribution in [0.4, 0.5) is 0 Å². The highest BCUT2D eigenvalue weighted by molar-refractivity contribution is 8.15. The van der Waals surface area contributed by atoms with Crippen LogP contribution in [0.1, 0.15) is 20.3 Å². The highest BCUT2D eigenvalue weighted by Gasteiger charge is 2.31. The van der Waals surface area contributed by atoms with Crippen molar-refractivity contribution < 1.29 is 9.90 Å². The van der Waals surface area contributed by atoms with Gasteiger partial charge in [0.2, 0.25) is 0 Å². The monoisotopic (exact) mass is 343 g/mol. The van der Waals surface area contributed by atoms with Crippen molar-refractivity contribution >= 4 is 47.7 Å². The molecule has 2 rings (SSSR count). The molecule has 0 radical (unpaired) electrons. The largest absolute Gasteiger partial charge is 0.481 e. The lowest BCUT2D eigenvalue weighted by Gasteiger charge is -2.35. The van der Waals surface area contributed by atoms with Crippen LogP contribution in [0, 0.1) is 0 Å². The van der Waals surface area contributed by atoms with Crippen LogP contribution in [-0.4, -0.2) is 70.1 Å². The third-order valence-corrected chi connectivity index (χ3v) is 4.50. The summed E-state index contributed by atoms with van der Waals surface area (Å²) < 4.78 is 0.232. The van der Waals surface area contributed by atoms with Crippen molar-refractivity contribution in [3.8, 4) is 0 Å². The van der Waals surface area contributed by atoms with Crippen LogP contribution in [-0.2, 0) is 4.79 Å². The molecule has 0 atom stereocenters. The number of hydrogen-bond acceptors (Lipinski definition) is 5. The second-order valence-electron chi connectivity index (χ2n) is 5.43. The number of piperazine rings is 1. The van der Waals surface area contributed by atoms with Crippen molar-refractivity contribution in [1.29, 1.82) is 0 Å². The fraction of sp³-hybridized carbons (Fsp3) is 0.833. The number of aliphatic imine (C=N–C) groups is 1. The highest BCUT2D eigenvalue weighted by Crippen LogP contribution is 2.33. The van der Waals surface area contributed by atoms with Gasteiger partial charge in [0, 0.05) is 37.5 Å². The van der Waals surface area contributed by atoms with Gasteiger partial charge in [-0.3, -0.25) is 14.7 Å². The molecule has 0 unspecified atom stereocenters. The summed E-state index contributed by atoms with van der Waals surface area (Å²) >= 11 is 1.86.